The Morgan fingerprint density at radius 2 is 1.62 bits per heavy atom. The molecule has 0 saturated heterocycles. The maximum atomic E-state index is 12.0. The molecule has 0 aliphatic heterocycles. The Labute approximate surface area is 134 Å². The van der Waals surface area contributed by atoms with Gasteiger partial charge in [0.05, 0.1) is 0 Å². The van der Waals surface area contributed by atoms with E-state index in [1.807, 2.05) is 26.0 Å². The van der Waals surface area contributed by atoms with Gasteiger partial charge in [0, 0.05) is 10.9 Å². The van der Waals surface area contributed by atoms with Crippen LogP contribution in [0.1, 0.15) is 28.7 Å². The highest BCUT2D eigenvalue weighted by Gasteiger charge is 2.11. The summed E-state index contributed by atoms with van der Waals surface area (Å²) in [5.74, 6) is 0.483. The summed E-state index contributed by atoms with van der Waals surface area (Å²) in [6.07, 6.45) is 1.09. The van der Waals surface area contributed by atoms with Gasteiger partial charge in [-0.05, 0) is 56.0 Å². The number of ether oxygens (including phenoxy) is 1. The van der Waals surface area contributed by atoms with Crippen molar-refractivity contribution < 1.29 is 9.53 Å². The Morgan fingerprint density at radius 3 is 2.19 bits per heavy atom. The molecule has 0 saturated carbocycles. The van der Waals surface area contributed by atoms with Gasteiger partial charge in [0.2, 0.25) is 0 Å². The van der Waals surface area contributed by atoms with Crippen LogP contribution >= 0.6 is 15.9 Å². The van der Waals surface area contributed by atoms with E-state index in [0.29, 0.717) is 18.6 Å². The molecule has 0 bridgehead atoms. The average Bonchev–Trinajstić information content (AvgIpc) is 2.42. The van der Waals surface area contributed by atoms with Crippen molar-refractivity contribution >= 4 is 21.9 Å². The van der Waals surface area contributed by atoms with Crippen LogP contribution in [0.5, 0.6) is 5.75 Å². The average molecular weight is 347 g/mol. The first kappa shape index (κ1) is 15.8. The second-order valence-electron chi connectivity index (χ2n) is 5.33. The number of benzene rings is 2. The molecule has 0 aliphatic rings. The third kappa shape index (κ3) is 4.43. The highest BCUT2D eigenvalue weighted by molar-refractivity contribution is 9.10. The van der Waals surface area contributed by atoms with Crippen molar-refractivity contribution in [2.75, 3.05) is 0 Å². The molecule has 0 aliphatic carbocycles. The summed E-state index contributed by atoms with van der Waals surface area (Å²) in [7, 11) is 0. The van der Waals surface area contributed by atoms with Crippen molar-refractivity contribution in [3.05, 3.63) is 63.1 Å². The van der Waals surface area contributed by atoms with Gasteiger partial charge in [-0.1, -0.05) is 45.8 Å². The normalized spacial score (nSPS) is 10.5. The van der Waals surface area contributed by atoms with Gasteiger partial charge in [-0.15, -0.1) is 0 Å². The first-order chi connectivity index (χ1) is 9.95. The molecule has 0 radical (unpaired) electrons. The van der Waals surface area contributed by atoms with Gasteiger partial charge < -0.3 is 4.74 Å². The maximum Gasteiger partial charge on any atom is 0.311 e. The number of aryl methyl sites for hydroxylation is 4. The molecule has 0 aromatic heterocycles. The van der Waals surface area contributed by atoms with Crippen molar-refractivity contribution in [2.45, 2.75) is 33.6 Å². The minimum atomic E-state index is -0.191. The Balaban J connectivity index is 1.97. The lowest BCUT2D eigenvalue weighted by molar-refractivity contribution is -0.134. The molecule has 110 valence electrons. The molecule has 0 N–H and O–H groups in total. The largest absolute Gasteiger partial charge is 0.426 e. The van der Waals surface area contributed by atoms with Crippen molar-refractivity contribution in [2.24, 2.45) is 0 Å². The topological polar surface area (TPSA) is 26.3 Å². The number of halogens is 1. The molecule has 0 atom stereocenters. The van der Waals surface area contributed by atoms with Crippen LogP contribution in [-0.2, 0) is 11.2 Å². The molecular weight excluding hydrogens is 328 g/mol. The molecule has 2 rings (SSSR count). The number of carbonyl (C=O) groups is 1. The van der Waals surface area contributed by atoms with Crippen LogP contribution in [0.2, 0.25) is 0 Å². The lowest BCUT2D eigenvalue weighted by Crippen LogP contribution is -2.10. The van der Waals surface area contributed by atoms with E-state index >= 15 is 0 Å². The SMILES string of the molecule is Cc1ccc(CCC(=O)Oc2c(C)cc(Br)cc2C)cc1. The van der Waals surface area contributed by atoms with E-state index in [0.717, 1.165) is 21.2 Å². The molecule has 2 aromatic carbocycles. The van der Waals surface area contributed by atoms with E-state index in [2.05, 4.69) is 47.1 Å². The van der Waals surface area contributed by atoms with Crippen molar-refractivity contribution in [1.29, 1.82) is 0 Å². The highest BCUT2D eigenvalue weighted by Crippen LogP contribution is 2.27. The summed E-state index contributed by atoms with van der Waals surface area (Å²) in [4.78, 5) is 12.0. The molecule has 0 spiro atoms. The van der Waals surface area contributed by atoms with Crippen LogP contribution in [0, 0.1) is 20.8 Å². The number of esters is 1. The summed E-state index contributed by atoms with van der Waals surface area (Å²) in [5, 5.41) is 0. The van der Waals surface area contributed by atoms with Gasteiger partial charge in [-0.3, -0.25) is 4.79 Å². The minimum Gasteiger partial charge on any atom is -0.426 e. The first-order valence-corrected chi connectivity index (χ1v) is 7.78. The van der Waals surface area contributed by atoms with Crippen LogP contribution in [0.3, 0.4) is 0 Å². The van der Waals surface area contributed by atoms with E-state index in [9.17, 15) is 4.79 Å². The maximum absolute atomic E-state index is 12.0. The molecule has 3 heteroatoms. The zero-order valence-corrected chi connectivity index (χ0v) is 14.2. The van der Waals surface area contributed by atoms with Gasteiger partial charge in [0.15, 0.2) is 0 Å². The first-order valence-electron chi connectivity index (χ1n) is 6.98. The summed E-state index contributed by atoms with van der Waals surface area (Å²) < 4.78 is 6.51. The molecule has 21 heavy (non-hydrogen) atoms. The quantitative estimate of drug-likeness (QED) is 0.580. The van der Waals surface area contributed by atoms with Crippen molar-refractivity contribution in [3.8, 4) is 5.75 Å². The number of carbonyl (C=O) groups excluding carboxylic acids is 1. The number of rotatable bonds is 4. The fraction of sp³-hybridized carbons (Fsp3) is 0.278. The number of hydrogen-bond acceptors (Lipinski definition) is 2. The van der Waals surface area contributed by atoms with Gasteiger partial charge in [0.1, 0.15) is 5.75 Å². The van der Waals surface area contributed by atoms with E-state index in [4.69, 9.17) is 4.74 Å². The fourth-order valence-electron chi connectivity index (χ4n) is 2.22. The molecule has 0 amide bonds. The lowest BCUT2D eigenvalue weighted by atomic mass is 10.1. The Morgan fingerprint density at radius 1 is 1.05 bits per heavy atom. The van der Waals surface area contributed by atoms with Crippen LogP contribution < -0.4 is 4.74 Å². The summed E-state index contributed by atoms with van der Waals surface area (Å²) in [6.45, 7) is 5.94. The monoisotopic (exact) mass is 346 g/mol. The third-order valence-corrected chi connectivity index (χ3v) is 3.84. The van der Waals surface area contributed by atoms with Crippen LogP contribution in [0.25, 0.3) is 0 Å². The number of hydrogen-bond donors (Lipinski definition) is 0. The molecule has 2 nitrogen and oxygen atoms in total. The Kier molecular flexibility index (Phi) is 5.18. The third-order valence-electron chi connectivity index (χ3n) is 3.38. The molecular formula is C18H19BrO2. The predicted octanol–water partition coefficient (Wildman–Crippen LogP) is 4.91. The van der Waals surface area contributed by atoms with E-state index in [-0.39, 0.29) is 5.97 Å². The highest BCUT2D eigenvalue weighted by atomic mass is 79.9. The smallest absolute Gasteiger partial charge is 0.311 e. The summed E-state index contributed by atoms with van der Waals surface area (Å²) >= 11 is 3.44. The zero-order chi connectivity index (χ0) is 15.4. The minimum absolute atomic E-state index is 0.191. The Hall–Kier alpha value is -1.61. The van der Waals surface area contributed by atoms with Crippen molar-refractivity contribution in [1.82, 2.24) is 0 Å². The van der Waals surface area contributed by atoms with E-state index < -0.39 is 0 Å². The van der Waals surface area contributed by atoms with Gasteiger partial charge in [-0.25, -0.2) is 0 Å². The van der Waals surface area contributed by atoms with Crippen LogP contribution in [0.4, 0.5) is 0 Å². The Bertz CT molecular complexity index is 622. The van der Waals surface area contributed by atoms with Gasteiger partial charge in [-0.2, -0.15) is 0 Å². The van der Waals surface area contributed by atoms with Gasteiger partial charge in [0.25, 0.3) is 0 Å². The second kappa shape index (κ2) is 6.90. The van der Waals surface area contributed by atoms with Crippen molar-refractivity contribution in [3.63, 3.8) is 0 Å². The second-order valence-corrected chi connectivity index (χ2v) is 6.24. The molecule has 0 fully saturated rings. The zero-order valence-electron chi connectivity index (χ0n) is 12.6. The molecule has 2 aromatic rings. The van der Waals surface area contributed by atoms with E-state index in [1.165, 1.54) is 5.56 Å². The summed E-state index contributed by atoms with van der Waals surface area (Å²) in [5.41, 5.74) is 4.31. The fourth-order valence-corrected chi connectivity index (χ4v) is 2.91. The standard InChI is InChI=1S/C18H19BrO2/c1-12-4-6-15(7-5-12)8-9-17(20)21-18-13(2)10-16(19)11-14(18)3/h4-7,10-11H,8-9H2,1-3H3. The van der Waals surface area contributed by atoms with Crippen LogP contribution in [0.15, 0.2) is 40.9 Å². The lowest BCUT2D eigenvalue weighted by Gasteiger charge is -2.11. The molecule has 0 unspecified atom stereocenters. The summed E-state index contributed by atoms with van der Waals surface area (Å²) in [6, 6.07) is 12.1. The molecule has 0 heterocycles. The van der Waals surface area contributed by atoms with E-state index in [1.54, 1.807) is 0 Å². The predicted molar refractivity (Wildman–Crippen MR) is 88.8 cm³/mol. The van der Waals surface area contributed by atoms with Gasteiger partial charge >= 0.3 is 5.97 Å². The van der Waals surface area contributed by atoms with Crippen LogP contribution in [-0.4, -0.2) is 5.97 Å².